The van der Waals surface area contributed by atoms with Crippen LogP contribution in [0, 0.1) is 0 Å². The maximum absolute atomic E-state index is 11.4. The molecule has 2 rings (SSSR count). The molecular weight excluding hydrogens is 274 g/mol. The van der Waals surface area contributed by atoms with E-state index in [-0.39, 0.29) is 5.41 Å². The summed E-state index contributed by atoms with van der Waals surface area (Å²) in [5.41, 5.74) is 1.13. The minimum Gasteiger partial charge on any atom is -0.497 e. The van der Waals surface area contributed by atoms with Gasteiger partial charge in [-0.1, -0.05) is 31.4 Å². The second kappa shape index (κ2) is 6.14. The van der Waals surface area contributed by atoms with Gasteiger partial charge in [0.05, 0.1) is 13.4 Å². The van der Waals surface area contributed by atoms with E-state index in [1.54, 1.807) is 7.11 Å². The molecule has 0 saturated heterocycles. The second-order valence-corrected chi connectivity index (χ2v) is 7.50. The van der Waals surface area contributed by atoms with E-state index >= 15 is 0 Å². The van der Waals surface area contributed by atoms with Gasteiger partial charge in [0, 0.05) is 12.0 Å². The zero-order valence-electron chi connectivity index (χ0n) is 12.2. The van der Waals surface area contributed by atoms with Gasteiger partial charge in [-0.3, -0.25) is 0 Å². The molecule has 0 aliphatic heterocycles. The predicted molar refractivity (Wildman–Crippen MR) is 80.6 cm³/mol. The highest BCUT2D eigenvalue weighted by atomic mass is 32.2. The third-order valence-electron chi connectivity index (χ3n) is 4.19. The molecule has 1 saturated carbocycles. The molecule has 0 unspecified atom stereocenters. The van der Waals surface area contributed by atoms with Gasteiger partial charge in [0.15, 0.2) is 0 Å². The highest BCUT2D eigenvalue weighted by Gasteiger charge is 2.34. The smallest absolute Gasteiger partial charge is 0.208 e. The van der Waals surface area contributed by atoms with Crippen LogP contribution in [-0.2, 0) is 15.4 Å². The van der Waals surface area contributed by atoms with Crippen molar-refractivity contribution < 1.29 is 13.2 Å². The SMILES string of the molecule is COc1ccc(C2(CNS(C)(=O)=O)CCCCC2)cc1. The molecule has 0 spiro atoms. The third-order valence-corrected chi connectivity index (χ3v) is 4.85. The van der Waals surface area contributed by atoms with E-state index in [0.29, 0.717) is 6.54 Å². The molecule has 0 atom stereocenters. The van der Waals surface area contributed by atoms with Gasteiger partial charge in [-0.15, -0.1) is 0 Å². The average Bonchev–Trinajstić information content (AvgIpc) is 2.46. The summed E-state index contributed by atoms with van der Waals surface area (Å²) < 4.78 is 30.7. The van der Waals surface area contributed by atoms with Crippen LogP contribution in [-0.4, -0.2) is 28.3 Å². The summed E-state index contributed by atoms with van der Waals surface area (Å²) in [6, 6.07) is 8.03. The Bertz CT molecular complexity index is 531. The Morgan fingerprint density at radius 3 is 2.25 bits per heavy atom. The van der Waals surface area contributed by atoms with Gasteiger partial charge in [-0.05, 0) is 30.5 Å². The maximum Gasteiger partial charge on any atom is 0.208 e. The number of rotatable bonds is 5. The summed E-state index contributed by atoms with van der Waals surface area (Å²) in [6.07, 6.45) is 6.81. The summed E-state index contributed by atoms with van der Waals surface area (Å²) in [7, 11) is -1.51. The van der Waals surface area contributed by atoms with Gasteiger partial charge in [-0.25, -0.2) is 13.1 Å². The fraction of sp³-hybridized carbons (Fsp3) is 0.600. The highest BCUT2D eigenvalue weighted by molar-refractivity contribution is 7.88. The van der Waals surface area contributed by atoms with Crippen LogP contribution in [0.2, 0.25) is 0 Å². The lowest BCUT2D eigenvalue weighted by atomic mass is 9.69. The molecule has 0 heterocycles. The van der Waals surface area contributed by atoms with Crippen molar-refractivity contribution in [2.75, 3.05) is 19.9 Å². The van der Waals surface area contributed by atoms with Gasteiger partial charge in [0.25, 0.3) is 0 Å². The molecule has 1 aliphatic carbocycles. The molecular formula is C15H23NO3S. The van der Waals surface area contributed by atoms with E-state index in [9.17, 15) is 8.42 Å². The average molecular weight is 297 g/mol. The maximum atomic E-state index is 11.4. The largest absolute Gasteiger partial charge is 0.497 e. The standard InChI is InChI=1S/C15H23NO3S/c1-19-14-8-6-13(7-9-14)15(10-4-3-5-11-15)12-16-20(2,17)18/h6-9,16H,3-5,10-12H2,1-2H3. The van der Waals surface area contributed by atoms with Crippen LogP contribution in [0.1, 0.15) is 37.7 Å². The van der Waals surface area contributed by atoms with Crippen molar-refractivity contribution >= 4 is 10.0 Å². The van der Waals surface area contributed by atoms with Crippen LogP contribution in [0.25, 0.3) is 0 Å². The quantitative estimate of drug-likeness (QED) is 0.908. The minimum absolute atomic E-state index is 0.0758. The molecule has 20 heavy (non-hydrogen) atoms. The van der Waals surface area contributed by atoms with E-state index in [4.69, 9.17) is 4.74 Å². The summed E-state index contributed by atoms with van der Waals surface area (Å²) in [6.45, 7) is 0.484. The number of benzene rings is 1. The van der Waals surface area contributed by atoms with Crippen molar-refractivity contribution in [3.05, 3.63) is 29.8 Å². The van der Waals surface area contributed by atoms with E-state index in [2.05, 4.69) is 16.9 Å². The Morgan fingerprint density at radius 1 is 1.15 bits per heavy atom. The van der Waals surface area contributed by atoms with Crippen molar-refractivity contribution in [1.29, 1.82) is 0 Å². The molecule has 5 heteroatoms. The van der Waals surface area contributed by atoms with E-state index < -0.39 is 10.0 Å². The molecule has 1 N–H and O–H groups in total. The van der Waals surface area contributed by atoms with Crippen molar-refractivity contribution in [2.24, 2.45) is 0 Å². The monoisotopic (exact) mass is 297 g/mol. The van der Waals surface area contributed by atoms with E-state index in [1.165, 1.54) is 18.2 Å². The van der Waals surface area contributed by atoms with Gasteiger partial charge < -0.3 is 4.74 Å². The topological polar surface area (TPSA) is 55.4 Å². The van der Waals surface area contributed by atoms with Gasteiger partial charge >= 0.3 is 0 Å². The molecule has 1 aliphatic rings. The molecule has 0 bridgehead atoms. The summed E-state index contributed by atoms with van der Waals surface area (Å²) in [5.74, 6) is 0.829. The fourth-order valence-electron chi connectivity index (χ4n) is 3.01. The molecule has 0 amide bonds. The molecule has 0 radical (unpaired) electrons. The Hall–Kier alpha value is -1.07. The van der Waals surface area contributed by atoms with Crippen LogP contribution < -0.4 is 9.46 Å². The molecule has 1 aromatic carbocycles. The first kappa shape index (κ1) is 15.3. The Balaban J connectivity index is 2.25. The van der Waals surface area contributed by atoms with Crippen LogP contribution in [0.5, 0.6) is 5.75 Å². The second-order valence-electron chi connectivity index (χ2n) is 5.66. The molecule has 1 aromatic rings. The molecule has 4 nitrogen and oxygen atoms in total. The zero-order valence-corrected chi connectivity index (χ0v) is 13.0. The number of hydrogen-bond acceptors (Lipinski definition) is 3. The van der Waals surface area contributed by atoms with Crippen molar-refractivity contribution in [3.8, 4) is 5.75 Å². The fourth-order valence-corrected chi connectivity index (χ4v) is 3.55. The van der Waals surface area contributed by atoms with E-state index in [0.717, 1.165) is 31.4 Å². The number of sulfonamides is 1. The Kier molecular flexibility index (Phi) is 4.70. The normalized spacial score (nSPS) is 18.7. The highest BCUT2D eigenvalue weighted by Crippen LogP contribution is 2.39. The molecule has 112 valence electrons. The van der Waals surface area contributed by atoms with Crippen molar-refractivity contribution in [3.63, 3.8) is 0 Å². The van der Waals surface area contributed by atoms with Crippen LogP contribution in [0.3, 0.4) is 0 Å². The zero-order chi connectivity index (χ0) is 14.6. The summed E-state index contributed by atoms with van der Waals surface area (Å²) in [5, 5.41) is 0. The first-order valence-corrected chi connectivity index (χ1v) is 8.94. The lowest BCUT2D eigenvalue weighted by Crippen LogP contribution is -2.41. The number of methoxy groups -OCH3 is 1. The minimum atomic E-state index is -3.16. The number of ether oxygens (including phenoxy) is 1. The molecule has 0 aromatic heterocycles. The van der Waals surface area contributed by atoms with Crippen LogP contribution in [0.4, 0.5) is 0 Å². The number of hydrogen-bond donors (Lipinski definition) is 1. The van der Waals surface area contributed by atoms with Crippen molar-refractivity contribution in [2.45, 2.75) is 37.5 Å². The van der Waals surface area contributed by atoms with Gasteiger partial charge in [0.1, 0.15) is 5.75 Å². The lowest BCUT2D eigenvalue weighted by molar-refractivity contribution is 0.292. The van der Waals surface area contributed by atoms with Crippen LogP contribution >= 0.6 is 0 Å². The van der Waals surface area contributed by atoms with Gasteiger partial charge in [0.2, 0.25) is 10.0 Å². The van der Waals surface area contributed by atoms with E-state index in [1.807, 2.05) is 12.1 Å². The third kappa shape index (κ3) is 3.73. The Labute approximate surface area is 121 Å². The molecule has 1 fully saturated rings. The van der Waals surface area contributed by atoms with Crippen molar-refractivity contribution in [1.82, 2.24) is 4.72 Å². The Morgan fingerprint density at radius 2 is 1.75 bits per heavy atom. The lowest BCUT2D eigenvalue weighted by Gasteiger charge is -2.38. The summed E-state index contributed by atoms with van der Waals surface area (Å²) >= 11 is 0. The first-order valence-electron chi connectivity index (χ1n) is 7.04. The summed E-state index contributed by atoms with van der Waals surface area (Å²) in [4.78, 5) is 0. The number of nitrogens with one attached hydrogen (secondary N) is 1. The van der Waals surface area contributed by atoms with Gasteiger partial charge in [-0.2, -0.15) is 0 Å². The predicted octanol–water partition coefficient (Wildman–Crippen LogP) is 2.45. The van der Waals surface area contributed by atoms with Crippen LogP contribution in [0.15, 0.2) is 24.3 Å². The first-order chi connectivity index (χ1) is 9.45.